The molecule has 2 atom stereocenters. The lowest BCUT2D eigenvalue weighted by atomic mass is 10.1. The van der Waals surface area contributed by atoms with Crippen LogP contribution in [0.3, 0.4) is 0 Å². The largest absolute Gasteiger partial charge is 0.379 e. The second-order valence-corrected chi connectivity index (χ2v) is 5.15. The minimum Gasteiger partial charge on any atom is -0.379 e. The quantitative estimate of drug-likeness (QED) is 0.770. The van der Waals surface area contributed by atoms with E-state index in [-0.39, 0.29) is 12.0 Å². The van der Waals surface area contributed by atoms with Crippen LogP contribution < -0.4 is 5.73 Å². The highest BCUT2D eigenvalue weighted by molar-refractivity contribution is 5.80. The van der Waals surface area contributed by atoms with Gasteiger partial charge in [-0.2, -0.15) is 4.98 Å². The van der Waals surface area contributed by atoms with Gasteiger partial charge in [0.1, 0.15) is 5.69 Å². The minimum atomic E-state index is -0.0946. The van der Waals surface area contributed by atoms with E-state index in [2.05, 4.69) is 15.1 Å². The van der Waals surface area contributed by atoms with Gasteiger partial charge in [-0.15, -0.1) is 0 Å². The van der Waals surface area contributed by atoms with Crippen molar-refractivity contribution in [2.24, 2.45) is 5.73 Å². The lowest BCUT2D eigenvalue weighted by molar-refractivity contribution is 0.187. The van der Waals surface area contributed by atoms with E-state index in [1.54, 1.807) is 0 Å². The van der Waals surface area contributed by atoms with E-state index in [0.717, 1.165) is 10.9 Å². The number of nitrogens with two attached hydrogens (primary N) is 1. The Morgan fingerprint density at radius 1 is 1.05 bits per heavy atom. The Morgan fingerprint density at radius 2 is 1.95 bits per heavy atom. The molecule has 106 valence electrons. The smallest absolute Gasteiger partial charge is 0.234 e. The summed E-state index contributed by atoms with van der Waals surface area (Å²) in [7, 11) is 0. The van der Waals surface area contributed by atoms with Crippen LogP contribution in [0.5, 0.6) is 0 Å². The van der Waals surface area contributed by atoms with Crippen molar-refractivity contribution < 1.29 is 9.26 Å². The SMILES string of the molecule is NC1COCC1c1nc(-c2ccc3ccccc3n2)no1. The van der Waals surface area contributed by atoms with E-state index in [4.69, 9.17) is 15.0 Å². The molecule has 6 nitrogen and oxygen atoms in total. The van der Waals surface area contributed by atoms with Crippen LogP contribution in [0.25, 0.3) is 22.4 Å². The van der Waals surface area contributed by atoms with E-state index >= 15 is 0 Å². The molecule has 0 aliphatic carbocycles. The maximum Gasteiger partial charge on any atom is 0.234 e. The number of aromatic nitrogens is 3. The Morgan fingerprint density at radius 3 is 2.81 bits per heavy atom. The van der Waals surface area contributed by atoms with Crippen molar-refractivity contribution in [3.63, 3.8) is 0 Å². The van der Waals surface area contributed by atoms with Gasteiger partial charge < -0.3 is 15.0 Å². The summed E-state index contributed by atoms with van der Waals surface area (Å²) in [5.74, 6) is 0.964. The zero-order valence-corrected chi connectivity index (χ0v) is 11.3. The molecule has 2 N–H and O–H groups in total. The summed E-state index contributed by atoms with van der Waals surface area (Å²) in [6.07, 6.45) is 0. The topological polar surface area (TPSA) is 87.1 Å². The number of pyridine rings is 1. The van der Waals surface area contributed by atoms with Crippen LogP contribution in [0.15, 0.2) is 40.9 Å². The van der Waals surface area contributed by atoms with Gasteiger partial charge in [-0.1, -0.05) is 29.4 Å². The van der Waals surface area contributed by atoms with Crippen LogP contribution in [0, 0.1) is 0 Å². The highest BCUT2D eigenvalue weighted by Crippen LogP contribution is 2.25. The number of para-hydroxylation sites is 1. The fourth-order valence-electron chi connectivity index (χ4n) is 2.51. The predicted molar refractivity (Wildman–Crippen MR) is 76.6 cm³/mol. The van der Waals surface area contributed by atoms with Crippen LogP contribution >= 0.6 is 0 Å². The van der Waals surface area contributed by atoms with E-state index in [1.807, 2.05) is 36.4 Å². The lowest BCUT2D eigenvalue weighted by Gasteiger charge is -2.06. The van der Waals surface area contributed by atoms with Crippen molar-refractivity contribution in [2.45, 2.75) is 12.0 Å². The third-order valence-electron chi connectivity index (χ3n) is 3.71. The molecule has 0 saturated carbocycles. The predicted octanol–water partition coefficient (Wildman–Crippen LogP) is 1.73. The van der Waals surface area contributed by atoms with E-state index in [9.17, 15) is 0 Å². The minimum absolute atomic E-state index is 0.0355. The Labute approximate surface area is 120 Å². The molecule has 0 amide bonds. The number of hydrogen-bond donors (Lipinski definition) is 1. The summed E-state index contributed by atoms with van der Waals surface area (Å²) in [6.45, 7) is 1.05. The second kappa shape index (κ2) is 4.91. The van der Waals surface area contributed by atoms with Crippen LogP contribution in [-0.4, -0.2) is 34.4 Å². The normalized spacial score (nSPS) is 22.0. The molecule has 1 aromatic carbocycles. The second-order valence-electron chi connectivity index (χ2n) is 5.15. The molecule has 3 heterocycles. The summed E-state index contributed by atoms with van der Waals surface area (Å²) in [5, 5.41) is 5.09. The van der Waals surface area contributed by atoms with Gasteiger partial charge in [0, 0.05) is 11.4 Å². The van der Waals surface area contributed by atoms with Gasteiger partial charge in [-0.3, -0.25) is 0 Å². The van der Waals surface area contributed by atoms with E-state index < -0.39 is 0 Å². The van der Waals surface area contributed by atoms with Crippen molar-refractivity contribution in [1.82, 2.24) is 15.1 Å². The molecule has 3 aromatic rings. The first kappa shape index (κ1) is 12.4. The first-order valence-electron chi connectivity index (χ1n) is 6.84. The Balaban J connectivity index is 1.70. The van der Waals surface area contributed by atoms with Crippen molar-refractivity contribution in [2.75, 3.05) is 13.2 Å². The summed E-state index contributed by atoms with van der Waals surface area (Å²) < 4.78 is 10.7. The standard InChI is InChI=1S/C15H14N4O2/c16-11-8-20-7-10(11)15-18-14(19-21-15)13-6-5-9-3-1-2-4-12(9)17-13/h1-6,10-11H,7-8,16H2. The molecule has 0 spiro atoms. The maximum atomic E-state index is 5.96. The summed E-state index contributed by atoms with van der Waals surface area (Å²) in [6, 6.07) is 11.7. The highest BCUT2D eigenvalue weighted by Gasteiger charge is 2.31. The number of ether oxygens (including phenoxy) is 1. The zero-order chi connectivity index (χ0) is 14.2. The molecule has 1 aliphatic rings. The number of benzene rings is 1. The lowest BCUT2D eigenvalue weighted by Crippen LogP contribution is -2.26. The molecule has 21 heavy (non-hydrogen) atoms. The molecule has 2 unspecified atom stereocenters. The van der Waals surface area contributed by atoms with Gasteiger partial charge >= 0.3 is 0 Å². The fourth-order valence-corrected chi connectivity index (χ4v) is 2.51. The molecule has 0 radical (unpaired) electrons. The van der Waals surface area contributed by atoms with Crippen molar-refractivity contribution >= 4 is 10.9 Å². The number of rotatable bonds is 2. The van der Waals surface area contributed by atoms with Crippen molar-refractivity contribution in [3.8, 4) is 11.5 Å². The van der Waals surface area contributed by atoms with Crippen LogP contribution in [-0.2, 0) is 4.74 Å². The summed E-state index contributed by atoms with van der Waals surface area (Å²) >= 11 is 0. The molecule has 6 heteroatoms. The average Bonchev–Trinajstić information content (AvgIpc) is 3.15. The summed E-state index contributed by atoms with van der Waals surface area (Å²) in [4.78, 5) is 8.98. The molecular formula is C15H14N4O2. The number of fused-ring (bicyclic) bond motifs is 1. The summed E-state index contributed by atoms with van der Waals surface area (Å²) in [5.41, 5.74) is 7.56. The van der Waals surface area contributed by atoms with E-state index in [0.29, 0.717) is 30.6 Å². The fraction of sp³-hybridized carbons (Fsp3) is 0.267. The van der Waals surface area contributed by atoms with Gasteiger partial charge in [-0.25, -0.2) is 4.98 Å². The van der Waals surface area contributed by atoms with Gasteiger partial charge in [0.25, 0.3) is 0 Å². The molecule has 0 bridgehead atoms. The number of nitrogens with zero attached hydrogens (tertiary/aromatic N) is 3. The Kier molecular flexibility index (Phi) is 2.90. The third-order valence-corrected chi connectivity index (χ3v) is 3.71. The van der Waals surface area contributed by atoms with Crippen LogP contribution in [0.4, 0.5) is 0 Å². The number of hydrogen-bond acceptors (Lipinski definition) is 6. The highest BCUT2D eigenvalue weighted by atomic mass is 16.5. The molecule has 1 fully saturated rings. The average molecular weight is 282 g/mol. The molecule has 1 saturated heterocycles. The van der Waals surface area contributed by atoms with Gasteiger partial charge in [0.2, 0.25) is 11.7 Å². The molecule has 4 rings (SSSR count). The van der Waals surface area contributed by atoms with Gasteiger partial charge in [-0.05, 0) is 12.1 Å². The Hall–Kier alpha value is -2.31. The molecular weight excluding hydrogens is 268 g/mol. The first-order chi connectivity index (χ1) is 10.3. The first-order valence-corrected chi connectivity index (χ1v) is 6.84. The monoisotopic (exact) mass is 282 g/mol. The van der Waals surface area contributed by atoms with Gasteiger partial charge in [0.05, 0.1) is 24.6 Å². The zero-order valence-electron chi connectivity index (χ0n) is 11.3. The molecule has 1 aliphatic heterocycles. The van der Waals surface area contributed by atoms with Crippen LogP contribution in [0.2, 0.25) is 0 Å². The van der Waals surface area contributed by atoms with Crippen molar-refractivity contribution in [3.05, 3.63) is 42.3 Å². The van der Waals surface area contributed by atoms with Crippen molar-refractivity contribution in [1.29, 1.82) is 0 Å². The maximum absolute atomic E-state index is 5.96. The van der Waals surface area contributed by atoms with Gasteiger partial charge in [0.15, 0.2) is 0 Å². The third kappa shape index (κ3) is 2.18. The van der Waals surface area contributed by atoms with E-state index in [1.165, 1.54) is 0 Å². The molecule has 2 aromatic heterocycles. The Bertz CT molecular complexity index is 786. The van der Waals surface area contributed by atoms with Crippen LogP contribution in [0.1, 0.15) is 11.8 Å².